The molecule has 0 bridgehead atoms. The Hall–Kier alpha value is -1.49. The topological polar surface area (TPSA) is 57.6 Å². The highest BCUT2D eigenvalue weighted by atomic mass is 32.2. The van der Waals surface area contributed by atoms with Gasteiger partial charge in [-0.3, -0.25) is 9.59 Å². The number of hydrogen-bond donors (Lipinski definition) is 1. The second-order valence-electron chi connectivity index (χ2n) is 4.48. The lowest BCUT2D eigenvalue weighted by Gasteiger charge is -2.25. The van der Waals surface area contributed by atoms with Crippen LogP contribution in [0.2, 0.25) is 0 Å². The van der Waals surface area contributed by atoms with E-state index in [0.29, 0.717) is 0 Å². The molecule has 0 fully saturated rings. The maximum atomic E-state index is 11.9. The van der Waals surface area contributed by atoms with E-state index in [1.165, 1.54) is 5.56 Å². The van der Waals surface area contributed by atoms with Crippen molar-refractivity contribution < 1.29 is 14.7 Å². The van der Waals surface area contributed by atoms with Gasteiger partial charge >= 0.3 is 5.97 Å². The standard InChI is InChI=1S/C14H19NO3S/c1-10-4-6-12(7-5-10)11(2)15(3)13(16)8-19-9-14(17)18/h4-7,11H,8-9H2,1-3H3,(H,17,18). The van der Waals surface area contributed by atoms with Crippen LogP contribution < -0.4 is 0 Å². The number of aryl methyl sites for hydroxylation is 1. The van der Waals surface area contributed by atoms with Gasteiger partial charge < -0.3 is 10.0 Å². The fourth-order valence-electron chi connectivity index (χ4n) is 1.61. The highest BCUT2D eigenvalue weighted by molar-refractivity contribution is 8.00. The zero-order valence-electron chi connectivity index (χ0n) is 11.4. The monoisotopic (exact) mass is 281 g/mol. The molecule has 4 nitrogen and oxygen atoms in total. The van der Waals surface area contributed by atoms with Gasteiger partial charge in [-0.15, -0.1) is 11.8 Å². The molecule has 0 radical (unpaired) electrons. The molecular weight excluding hydrogens is 262 g/mol. The Morgan fingerprint density at radius 2 is 1.84 bits per heavy atom. The Bertz CT molecular complexity index is 445. The molecule has 19 heavy (non-hydrogen) atoms. The maximum Gasteiger partial charge on any atom is 0.313 e. The maximum absolute atomic E-state index is 11.9. The first-order chi connectivity index (χ1) is 8.91. The van der Waals surface area contributed by atoms with Gasteiger partial charge in [-0.1, -0.05) is 29.8 Å². The van der Waals surface area contributed by atoms with Gasteiger partial charge in [-0.25, -0.2) is 0 Å². The normalized spacial score (nSPS) is 11.9. The van der Waals surface area contributed by atoms with Crippen LogP contribution in [-0.4, -0.2) is 40.4 Å². The van der Waals surface area contributed by atoms with Gasteiger partial charge in [0.1, 0.15) is 0 Å². The van der Waals surface area contributed by atoms with Crippen LogP contribution in [0.3, 0.4) is 0 Å². The highest BCUT2D eigenvalue weighted by Crippen LogP contribution is 2.20. The average Bonchev–Trinajstić information content (AvgIpc) is 2.37. The minimum absolute atomic E-state index is 0.0153. The van der Waals surface area contributed by atoms with Crippen LogP contribution in [0.4, 0.5) is 0 Å². The molecule has 0 spiro atoms. The predicted octanol–water partition coefficient (Wildman–Crippen LogP) is 2.33. The van der Waals surface area contributed by atoms with E-state index in [1.54, 1.807) is 11.9 Å². The summed E-state index contributed by atoms with van der Waals surface area (Å²) in [5.74, 6) is -0.802. The number of thioether (sulfide) groups is 1. The largest absolute Gasteiger partial charge is 0.481 e. The molecule has 1 aromatic carbocycles. The lowest BCUT2D eigenvalue weighted by molar-refractivity contribution is -0.133. The molecule has 1 atom stereocenters. The van der Waals surface area contributed by atoms with Gasteiger partial charge in [0, 0.05) is 7.05 Å². The van der Waals surface area contributed by atoms with Crippen molar-refractivity contribution in [2.24, 2.45) is 0 Å². The van der Waals surface area contributed by atoms with E-state index in [4.69, 9.17) is 5.11 Å². The number of amides is 1. The van der Waals surface area contributed by atoms with Gasteiger partial charge in [0.25, 0.3) is 0 Å². The number of carboxylic acids is 1. The van der Waals surface area contributed by atoms with Gasteiger partial charge in [0.15, 0.2) is 0 Å². The third-order valence-corrected chi connectivity index (χ3v) is 3.89. The van der Waals surface area contributed by atoms with Gasteiger partial charge in [-0.2, -0.15) is 0 Å². The molecule has 0 heterocycles. The predicted molar refractivity (Wildman–Crippen MR) is 77.3 cm³/mol. The molecule has 0 aliphatic rings. The smallest absolute Gasteiger partial charge is 0.313 e. The number of rotatable bonds is 6. The number of nitrogens with zero attached hydrogens (tertiary/aromatic N) is 1. The molecule has 0 aromatic heterocycles. The summed E-state index contributed by atoms with van der Waals surface area (Å²) in [5, 5.41) is 8.53. The summed E-state index contributed by atoms with van der Waals surface area (Å²) < 4.78 is 0. The summed E-state index contributed by atoms with van der Waals surface area (Å²) in [7, 11) is 1.74. The lowest BCUT2D eigenvalue weighted by Crippen LogP contribution is -2.31. The van der Waals surface area contributed by atoms with Crippen LogP contribution in [0.25, 0.3) is 0 Å². The Balaban J connectivity index is 2.56. The highest BCUT2D eigenvalue weighted by Gasteiger charge is 2.17. The number of carboxylic acid groups (broad SMARTS) is 1. The van der Waals surface area contributed by atoms with E-state index in [-0.39, 0.29) is 23.5 Å². The summed E-state index contributed by atoms with van der Waals surface area (Å²) in [6.45, 7) is 3.98. The molecule has 0 saturated heterocycles. The van der Waals surface area contributed by atoms with Crippen LogP contribution in [0, 0.1) is 6.92 Å². The van der Waals surface area contributed by atoms with Crippen molar-refractivity contribution >= 4 is 23.6 Å². The van der Waals surface area contributed by atoms with Crippen molar-refractivity contribution in [3.05, 3.63) is 35.4 Å². The van der Waals surface area contributed by atoms with Crippen molar-refractivity contribution in [2.45, 2.75) is 19.9 Å². The first-order valence-electron chi connectivity index (χ1n) is 6.03. The molecule has 1 amide bonds. The molecule has 1 aromatic rings. The van der Waals surface area contributed by atoms with Crippen LogP contribution in [-0.2, 0) is 9.59 Å². The van der Waals surface area contributed by atoms with Crippen molar-refractivity contribution in [3.63, 3.8) is 0 Å². The first kappa shape index (κ1) is 15.6. The summed E-state index contributed by atoms with van der Waals surface area (Å²) in [6, 6.07) is 8.04. The molecule has 0 aliphatic carbocycles. The Morgan fingerprint density at radius 3 is 2.37 bits per heavy atom. The number of carbonyl (C=O) groups excluding carboxylic acids is 1. The van der Waals surface area contributed by atoms with E-state index in [1.807, 2.05) is 38.1 Å². The number of hydrogen-bond acceptors (Lipinski definition) is 3. The van der Waals surface area contributed by atoms with Crippen LogP contribution in [0.1, 0.15) is 24.1 Å². The summed E-state index contributed by atoms with van der Waals surface area (Å²) >= 11 is 1.12. The minimum atomic E-state index is -0.896. The molecule has 1 rings (SSSR count). The van der Waals surface area contributed by atoms with E-state index in [9.17, 15) is 9.59 Å². The van der Waals surface area contributed by atoms with Gasteiger partial charge in [0.05, 0.1) is 17.5 Å². The molecule has 0 aliphatic heterocycles. The molecule has 5 heteroatoms. The number of benzene rings is 1. The van der Waals surface area contributed by atoms with Crippen LogP contribution >= 0.6 is 11.8 Å². The van der Waals surface area contributed by atoms with E-state index < -0.39 is 5.97 Å². The van der Waals surface area contributed by atoms with Crippen molar-refractivity contribution in [1.29, 1.82) is 0 Å². The summed E-state index contributed by atoms with van der Waals surface area (Å²) in [6.07, 6.45) is 0. The van der Waals surface area contributed by atoms with Crippen molar-refractivity contribution in [3.8, 4) is 0 Å². The zero-order chi connectivity index (χ0) is 14.4. The van der Waals surface area contributed by atoms with Gasteiger partial charge in [-0.05, 0) is 19.4 Å². The minimum Gasteiger partial charge on any atom is -0.481 e. The number of aliphatic carboxylic acids is 1. The first-order valence-corrected chi connectivity index (χ1v) is 7.19. The Morgan fingerprint density at radius 1 is 1.26 bits per heavy atom. The SMILES string of the molecule is Cc1ccc(C(C)N(C)C(=O)CSCC(=O)O)cc1. The van der Waals surface area contributed by atoms with E-state index in [2.05, 4.69) is 0 Å². The van der Waals surface area contributed by atoms with Crippen molar-refractivity contribution in [2.75, 3.05) is 18.6 Å². The zero-order valence-corrected chi connectivity index (χ0v) is 12.2. The fourth-order valence-corrected chi connectivity index (χ4v) is 2.27. The van der Waals surface area contributed by atoms with Crippen LogP contribution in [0.5, 0.6) is 0 Å². The Kier molecular flexibility index (Phi) is 5.89. The van der Waals surface area contributed by atoms with Crippen molar-refractivity contribution in [1.82, 2.24) is 4.90 Å². The second-order valence-corrected chi connectivity index (χ2v) is 5.46. The third kappa shape index (κ3) is 4.95. The molecular formula is C14H19NO3S. The third-order valence-electron chi connectivity index (χ3n) is 2.99. The lowest BCUT2D eigenvalue weighted by atomic mass is 10.1. The molecule has 1 N–H and O–H groups in total. The molecule has 1 unspecified atom stereocenters. The summed E-state index contributed by atoms with van der Waals surface area (Å²) in [5.41, 5.74) is 2.26. The average molecular weight is 281 g/mol. The summed E-state index contributed by atoms with van der Waals surface area (Å²) in [4.78, 5) is 24.0. The van der Waals surface area contributed by atoms with Crippen LogP contribution in [0.15, 0.2) is 24.3 Å². The Labute approximate surface area is 117 Å². The second kappa shape index (κ2) is 7.19. The quantitative estimate of drug-likeness (QED) is 0.869. The van der Waals surface area contributed by atoms with E-state index in [0.717, 1.165) is 17.3 Å². The number of carbonyl (C=O) groups is 2. The van der Waals surface area contributed by atoms with Gasteiger partial charge in [0.2, 0.25) is 5.91 Å². The molecule has 104 valence electrons. The van der Waals surface area contributed by atoms with E-state index >= 15 is 0 Å². The fraction of sp³-hybridized carbons (Fsp3) is 0.429. The molecule has 0 saturated carbocycles.